The smallest absolute Gasteiger partial charge is 0.125 e. The van der Waals surface area contributed by atoms with Crippen molar-refractivity contribution < 1.29 is 4.39 Å². The first-order valence-electron chi connectivity index (χ1n) is 3.27. The van der Waals surface area contributed by atoms with Crippen molar-refractivity contribution >= 4 is 18.1 Å². The van der Waals surface area contributed by atoms with Crippen LogP contribution in [-0.4, -0.2) is 0 Å². The summed E-state index contributed by atoms with van der Waals surface area (Å²) in [5.74, 6) is -0.253. The lowest BCUT2D eigenvalue weighted by Crippen LogP contribution is -1.89. The van der Waals surface area contributed by atoms with Gasteiger partial charge in [-0.1, -0.05) is 6.92 Å². The predicted molar refractivity (Wildman–Crippen MR) is 47.4 cm³/mol. The Morgan fingerprint density at radius 2 is 2.00 bits per heavy atom. The molecule has 3 heteroatoms. The standard InChI is InChI=1S/C8H10FN.ClH/c1-2-6-3-7(9)5-8(10)4-6;/h3-5H,2,10H2,1H3;1H. The normalized spacial score (nSPS) is 8.91. The van der Waals surface area contributed by atoms with Crippen LogP contribution in [0.25, 0.3) is 0 Å². The van der Waals surface area contributed by atoms with Gasteiger partial charge in [-0.25, -0.2) is 4.39 Å². The molecule has 0 aliphatic carbocycles. The van der Waals surface area contributed by atoms with E-state index in [2.05, 4.69) is 0 Å². The van der Waals surface area contributed by atoms with Crippen molar-refractivity contribution in [3.63, 3.8) is 0 Å². The largest absolute Gasteiger partial charge is 0.399 e. The van der Waals surface area contributed by atoms with Gasteiger partial charge < -0.3 is 5.73 Å². The minimum atomic E-state index is -0.253. The van der Waals surface area contributed by atoms with E-state index in [1.165, 1.54) is 12.1 Å². The number of aryl methyl sites for hydroxylation is 1. The highest BCUT2D eigenvalue weighted by atomic mass is 35.5. The first-order chi connectivity index (χ1) is 4.72. The summed E-state index contributed by atoms with van der Waals surface area (Å²) in [6.45, 7) is 1.97. The Bertz CT molecular complexity index is 217. The van der Waals surface area contributed by atoms with E-state index in [0.29, 0.717) is 5.69 Å². The quantitative estimate of drug-likeness (QED) is 0.652. The van der Waals surface area contributed by atoms with Gasteiger partial charge in [0, 0.05) is 5.69 Å². The zero-order chi connectivity index (χ0) is 7.56. The van der Waals surface area contributed by atoms with Crippen LogP contribution in [0.15, 0.2) is 18.2 Å². The molecule has 1 rings (SSSR count). The van der Waals surface area contributed by atoms with Crippen molar-refractivity contribution in [2.45, 2.75) is 13.3 Å². The number of halogens is 2. The highest BCUT2D eigenvalue weighted by Gasteiger charge is 1.94. The third kappa shape index (κ3) is 2.76. The first-order valence-corrected chi connectivity index (χ1v) is 3.27. The van der Waals surface area contributed by atoms with E-state index < -0.39 is 0 Å². The zero-order valence-electron chi connectivity index (χ0n) is 6.30. The van der Waals surface area contributed by atoms with E-state index in [-0.39, 0.29) is 18.2 Å². The van der Waals surface area contributed by atoms with Crippen LogP contribution in [0.2, 0.25) is 0 Å². The maximum Gasteiger partial charge on any atom is 0.125 e. The molecular formula is C8H11ClFN. The lowest BCUT2D eigenvalue weighted by atomic mass is 10.1. The summed E-state index contributed by atoms with van der Waals surface area (Å²) in [6, 6.07) is 4.60. The number of hydrogen-bond acceptors (Lipinski definition) is 1. The Hall–Kier alpha value is -0.760. The summed E-state index contributed by atoms with van der Waals surface area (Å²) in [7, 11) is 0. The van der Waals surface area contributed by atoms with Gasteiger partial charge in [-0.05, 0) is 30.2 Å². The Kier molecular flexibility index (Phi) is 3.90. The minimum Gasteiger partial charge on any atom is -0.399 e. The first kappa shape index (κ1) is 10.2. The van der Waals surface area contributed by atoms with Gasteiger partial charge in [-0.3, -0.25) is 0 Å². The van der Waals surface area contributed by atoms with E-state index >= 15 is 0 Å². The van der Waals surface area contributed by atoms with Crippen molar-refractivity contribution in [1.29, 1.82) is 0 Å². The monoisotopic (exact) mass is 175 g/mol. The SMILES string of the molecule is CCc1cc(N)cc(F)c1.Cl. The summed E-state index contributed by atoms with van der Waals surface area (Å²) in [5, 5.41) is 0. The molecule has 0 fully saturated rings. The van der Waals surface area contributed by atoms with Gasteiger partial charge in [-0.2, -0.15) is 0 Å². The van der Waals surface area contributed by atoms with Crippen LogP contribution < -0.4 is 5.73 Å². The fourth-order valence-electron chi connectivity index (χ4n) is 0.880. The zero-order valence-corrected chi connectivity index (χ0v) is 7.12. The molecule has 1 nitrogen and oxygen atoms in total. The number of benzene rings is 1. The number of hydrogen-bond donors (Lipinski definition) is 1. The third-order valence-electron chi connectivity index (χ3n) is 1.39. The molecule has 0 spiro atoms. The van der Waals surface area contributed by atoms with Gasteiger partial charge in [0.15, 0.2) is 0 Å². The Morgan fingerprint density at radius 3 is 2.45 bits per heavy atom. The number of anilines is 1. The molecule has 0 aliphatic rings. The van der Waals surface area contributed by atoms with Crippen molar-refractivity contribution in [3.05, 3.63) is 29.6 Å². The molecule has 1 aromatic carbocycles. The molecule has 1 aromatic rings. The van der Waals surface area contributed by atoms with Crippen molar-refractivity contribution in [2.24, 2.45) is 0 Å². The number of rotatable bonds is 1. The molecule has 0 bridgehead atoms. The molecule has 0 saturated heterocycles. The second-order valence-corrected chi connectivity index (χ2v) is 2.25. The second kappa shape index (κ2) is 4.19. The lowest BCUT2D eigenvalue weighted by Gasteiger charge is -1.97. The van der Waals surface area contributed by atoms with Crippen molar-refractivity contribution in [3.8, 4) is 0 Å². The predicted octanol–water partition coefficient (Wildman–Crippen LogP) is 2.39. The van der Waals surface area contributed by atoms with Gasteiger partial charge in [0.1, 0.15) is 5.82 Å². The van der Waals surface area contributed by atoms with Crippen LogP contribution in [0.3, 0.4) is 0 Å². The van der Waals surface area contributed by atoms with Gasteiger partial charge in [0.2, 0.25) is 0 Å². The topological polar surface area (TPSA) is 26.0 Å². The van der Waals surface area contributed by atoms with Gasteiger partial charge in [0.05, 0.1) is 0 Å². The van der Waals surface area contributed by atoms with Gasteiger partial charge >= 0.3 is 0 Å². The van der Waals surface area contributed by atoms with Crippen molar-refractivity contribution in [2.75, 3.05) is 5.73 Å². The van der Waals surface area contributed by atoms with Gasteiger partial charge in [0.25, 0.3) is 0 Å². The molecule has 0 saturated carbocycles. The van der Waals surface area contributed by atoms with Crippen LogP contribution in [0, 0.1) is 5.82 Å². The fraction of sp³-hybridized carbons (Fsp3) is 0.250. The molecule has 62 valence electrons. The summed E-state index contributed by atoms with van der Waals surface area (Å²) in [5.41, 5.74) is 6.83. The van der Waals surface area contributed by atoms with Gasteiger partial charge in [-0.15, -0.1) is 12.4 Å². The van der Waals surface area contributed by atoms with E-state index in [0.717, 1.165) is 12.0 Å². The molecule has 2 N–H and O–H groups in total. The summed E-state index contributed by atoms with van der Waals surface area (Å²) >= 11 is 0. The van der Waals surface area contributed by atoms with E-state index in [4.69, 9.17) is 5.73 Å². The molecule has 0 heterocycles. The van der Waals surface area contributed by atoms with Crippen LogP contribution in [-0.2, 0) is 6.42 Å². The molecule has 0 amide bonds. The van der Waals surface area contributed by atoms with Crippen LogP contribution in [0.1, 0.15) is 12.5 Å². The van der Waals surface area contributed by atoms with E-state index in [1.807, 2.05) is 6.92 Å². The lowest BCUT2D eigenvalue weighted by molar-refractivity contribution is 0.626. The molecular weight excluding hydrogens is 165 g/mol. The fourth-order valence-corrected chi connectivity index (χ4v) is 0.880. The molecule has 0 aliphatic heterocycles. The third-order valence-corrected chi connectivity index (χ3v) is 1.39. The highest BCUT2D eigenvalue weighted by molar-refractivity contribution is 5.85. The van der Waals surface area contributed by atoms with E-state index in [1.54, 1.807) is 6.07 Å². The molecule has 11 heavy (non-hydrogen) atoms. The Labute approximate surface area is 71.8 Å². The Balaban J connectivity index is 0.000001000. The average molecular weight is 176 g/mol. The number of nitrogens with two attached hydrogens (primary N) is 1. The van der Waals surface area contributed by atoms with E-state index in [9.17, 15) is 4.39 Å². The molecule has 0 unspecified atom stereocenters. The molecule has 0 aromatic heterocycles. The van der Waals surface area contributed by atoms with Crippen LogP contribution in [0.4, 0.5) is 10.1 Å². The van der Waals surface area contributed by atoms with Crippen LogP contribution >= 0.6 is 12.4 Å². The summed E-state index contributed by atoms with van der Waals surface area (Å²) in [6.07, 6.45) is 0.821. The average Bonchev–Trinajstić information content (AvgIpc) is 1.85. The number of nitrogen functional groups attached to an aromatic ring is 1. The van der Waals surface area contributed by atoms with Crippen molar-refractivity contribution in [1.82, 2.24) is 0 Å². The molecule has 0 atom stereocenters. The summed E-state index contributed by atoms with van der Waals surface area (Å²) < 4.78 is 12.5. The summed E-state index contributed by atoms with van der Waals surface area (Å²) in [4.78, 5) is 0. The van der Waals surface area contributed by atoms with Crippen LogP contribution in [0.5, 0.6) is 0 Å². The minimum absolute atomic E-state index is 0. The maximum absolute atomic E-state index is 12.5. The molecule has 0 radical (unpaired) electrons. The highest BCUT2D eigenvalue weighted by Crippen LogP contribution is 2.10. The maximum atomic E-state index is 12.5. The Morgan fingerprint density at radius 1 is 1.36 bits per heavy atom. The second-order valence-electron chi connectivity index (χ2n) is 2.25.